The van der Waals surface area contributed by atoms with Crippen LogP contribution in [0, 0.1) is 0 Å². The molecule has 6 heteroatoms. The molecule has 5 nitrogen and oxygen atoms in total. The predicted octanol–water partition coefficient (Wildman–Crippen LogP) is 3.26. The third-order valence-electron chi connectivity index (χ3n) is 4.70. The van der Waals surface area contributed by atoms with Crippen molar-refractivity contribution < 1.29 is 13.2 Å². The number of para-hydroxylation sites is 1. The molecule has 0 amide bonds. The van der Waals surface area contributed by atoms with E-state index in [4.69, 9.17) is 0 Å². The fourth-order valence-electron chi connectivity index (χ4n) is 3.30. The van der Waals surface area contributed by atoms with Crippen LogP contribution in [-0.2, 0) is 22.9 Å². The Morgan fingerprint density at radius 2 is 1.78 bits per heavy atom. The zero-order chi connectivity index (χ0) is 18.9. The van der Waals surface area contributed by atoms with Crippen molar-refractivity contribution in [2.24, 2.45) is 0 Å². The van der Waals surface area contributed by atoms with Crippen molar-refractivity contribution in [1.29, 1.82) is 0 Å². The summed E-state index contributed by atoms with van der Waals surface area (Å²) in [7, 11) is -3.71. The van der Waals surface area contributed by atoms with Crippen molar-refractivity contribution in [3.05, 3.63) is 89.7 Å². The predicted molar refractivity (Wildman–Crippen MR) is 103 cm³/mol. The molecule has 0 N–H and O–H groups in total. The van der Waals surface area contributed by atoms with Crippen LogP contribution < -0.4 is 4.31 Å². The van der Waals surface area contributed by atoms with E-state index in [2.05, 4.69) is 4.98 Å². The number of benzene rings is 2. The number of ketones is 1. The molecule has 0 fully saturated rings. The van der Waals surface area contributed by atoms with Crippen LogP contribution in [0.1, 0.15) is 21.5 Å². The molecule has 0 atom stereocenters. The summed E-state index contributed by atoms with van der Waals surface area (Å²) in [5, 5.41) is 0. The first-order valence-corrected chi connectivity index (χ1v) is 10.1. The molecule has 4 rings (SSSR count). The first-order chi connectivity index (χ1) is 13.1. The number of aromatic nitrogens is 1. The standard InChI is InChI=1S/C21H18N2O3S/c24-21(14-16-8-11-22-12-9-16)18-5-3-6-19(15-18)27(25,26)23-13-10-17-4-1-2-7-20(17)23/h1-9,11-12,15H,10,13-14H2. The lowest BCUT2D eigenvalue weighted by molar-refractivity contribution is 0.0992. The van der Waals surface area contributed by atoms with Gasteiger partial charge < -0.3 is 0 Å². The van der Waals surface area contributed by atoms with E-state index in [1.165, 1.54) is 10.4 Å². The second-order valence-electron chi connectivity index (χ2n) is 6.44. The average molecular weight is 378 g/mol. The van der Waals surface area contributed by atoms with E-state index in [0.29, 0.717) is 24.2 Å². The Labute approximate surface area is 158 Å². The summed E-state index contributed by atoms with van der Waals surface area (Å²) in [6.07, 6.45) is 4.16. The van der Waals surface area contributed by atoms with E-state index >= 15 is 0 Å². The van der Waals surface area contributed by atoms with Gasteiger partial charge in [0.05, 0.1) is 10.6 Å². The van der Waals surface area contributed by atoms with Gasteiger partial charge in [-0.05, 0) is 47.9 Å². The highest BCUT2D eigenvalue weighted by molar-refractivity contribution is 7.92. The normalized spacial score (nSPS) is 13.4. The number of sulfonamides is 1. The molecule has 1 aliphatic heterocycles. The number of carbonyl (C=O) groups is 1. The second kappa shape index (κ2) is 6.96. The minimum absolute atomic E-state index is 0.125. The van der Waals surface area contributed by atoms with E-state index in [1.54, 1.807) is 42.7 Å². The average Bonchev–Trinajstić information content (AvgIpc) is 3.14. The molecule has 0 saturated heterocycles. The quantitative estimate of drug-likeness (QED) is 0.639. The maximum Gasteiger partial charge on any atom is 0.264 e. The number of Topliss-reactive ketones (excluding diaryl/α,β-unsaturated/α-hetero) is 1. The van der Waals surface area contributed by atoms with Crippen LogP contribution in [0.15, 0.2) is 78.0 Å². The molecule has 3 aromatic rings. The number of anilines is 1. The van der Waals surface area contributed by atoms with Gasteiger partial charge in [-0.25, -0.2) is 8.42 Å². The highest BCUT2D eigenvalue weighted by Crippen LogP contribution is 2.32. The summed E-state index contributed by atoms with van der Waals surface area (Å²) in [4.78, 5) is 16.7. The number of hydrogen-bond donors (Lipinski definition) is 0. The summed E-state index contributed by atoms with van der Waals surface area (Å²) in [6.45, 7) is 0.414. The number of rotatable bonds is 5. The Bertz CT molecular complexity index is 1100. The van der Waals surface area contributed by atoms with Crippen LogP contribution in [0.25, 0.3) is 0 Å². The van der Waals surface area contributed by atoms with Crippen molar-refractivity contribution in [2.45, 2.75) is 17.7 Å². The first-order valence-electron chi connectivity index (χ1n) is 8.68. The third kappa shape index (κ3) is 3.36. The summed E-state index contributed by atoms with van der Waals surface area (Å²) >= 11 is 0. The van der Waals surface area contributed by atoms with Crippen molar-refractivity contribution in [3.63, 3.8) is 0 Å². The molecule has 0 saturated carbocycles. The van der Waals surface area contributed by atoms with Crippen LogP contribution >= 0.6 is 0 Å². The zero-order valence-electron chi connectivity index (χ0n) is 14.6. The van der Waals surface area contributed by atoms with Gasteiger partial charge in [-0.3, -0.25) is 14.1 Å². The van der Waals surface area contributed by atoms with Crippen molar-refractivity contribution in [1.82, 2.24) is 4.98 Å². The van der Waals surface area contributed by atoms with E-state index < -0.39 is 10.0 Å². The van der Waals surface area contributed by atoms with Crippen molar-refractivity contribution in [3.8, 4) is 0 Å². The number of fused-ring (bicyclic) bond motifs is 1. The first kappa shape index (κ1) is 17.4. The van der Waals surface area contributed by atoms with Gasteiger partial charge in [-0.2, -0.15) is 0 Å². The molecule has 0 bridgehead atoms. The smallest absolute Gasteiger partial charge is 0.264 e. The van der Waals surface area contributed by atoms with Crippen molar-refractivity contribution in [2.75, 3.05) is 10.8 Å². The molecule has 1 aromatic heterocycles. The van der Waals surface area contributed by atoms with E-state index in [9.17, 15) is 13.2 Å². The lowest BCUT2D eigenvalue weighted by Gasteiger charge is -2.19. The SMILES string of the molecule is O=C(Cc1ccncc1)c1cccc(S(=O)(=O)N2CCc3ccccc32)c1. The maximum absolute atomic E-state index is 13.1. The van der Waals surface area contributed by atoms with Gasteiger partial charge in [0.25, 0.3) is 10.0 Å². The molecular weight excluding hydrogens is 360 g/mol. The summed E-state index contributed by atoms with van der Waals surface area (Å²) < 4.78 is 27.7. The Kier molecular flexibility index (Phi) is 4.49. The van der Waals surface area contributed by atoms with Crippen LogP contribution in [0.5, 0.6) is 0 Å². The number of nitrogens with zero attached hydrogens (tertiary/aromatic N) is 2. The van der Waals surface area contributed by atoms with Gasteiger partial charge in [0.1, 0.15) is 0 Å². The van der Waals surface area contributed by atoms with E-state index in [1.807, 2.05) is 24.3 Å². The van der Waals surface area contributed by atoms with Crippen LogP contribution in [-0.4, -0.2) is 25.7 Å². The lowest BCUT2D eigenvalue weighted by atomic mass is 10.0. The molecule has 0 unspecified atom stereocenters. The molecule has 27 heavy (non-hydrogen) atoms. The van der Waals surface area contributed by atoms with Gasteiger partial charge >= 0.3 is 0 Å². The minimum atomic E-state index is -3.71. The van der Waals surface area contributed by atoms with E-state index in [0.717, 1.165) is 11.1 Å². The molecule has 0 aliphatic carbocycles. The molecule has 0 spiro atoms. The van der Waals surface area contributed by atoms with Crippen LogP contribution in [0.2, 0.25) is 0 Å². The Morgan fingerprint density at radius 1 is 1.00 bits per heavy atom. The highest BCUT2D eigenvalue weighted by atomic mass is 32.2. The summed E-state index contributed by atoms with van der Waals surface area (Å²) in [6, 6.07) is 17.3. The fourth-order valence-corrected chi connectivity index (χ4v) is 4.85. The molecule has 1 aliphatic rings. The fraction of sp³-hybridized carbons (Fsp3) is 0.143. The van der Waals surface area contributed by atoms with Gasteiger partial charge in [-0.1, -0.05) is 30.3 Å². The monoisotopic (exact) mass is 378 g/mol. The Balaban J connectivity index is 1.63. The molecule has 0 radical (unpaired) electrons. The van der Waals surface area contributed by atoms with Gasteiger partial charge in [0.2, 0.25) is 0 Å². The number of hydrogen-bond acceptors (Lipinski definition) is 4. The number of pyridine rings is 1. The van der Waals surface area contributed by atoms with Gasteiger partial charge in [0.15, 0.2) is 5.78 Å². The summed E-state index contributed by atoms with van der Waals surface area (Å²) in [5.41, 5.74) is 2.97. The molecule has 136 valence electrons. The van der Waals surface area contributed by atoms with Crippen LogP contribution in [0.4, 0.5) is 5.69 Å². The van der Waals surface area contributed by atoms with Gasteiger partial charge in [-0.15, -0.1) is 0 Å². The lowest BCUT2D eigenvalue weighted by Crippen LogP contribution is -2.29. The minimum Gasteiger partial charge on any atom is -0.294 e. The van der Waals surface area contributed by atoms with Crippen molar-refractivity contribution >= 4 is 21.5 Å². The van der Waals surface area contributed by atoms with Crippen LogP contribution in [0.3, 0.4) is 0 Å². The molecule has 2 heterocycles. The topological polar surface area (TPSA) is 67.3 Å². The van der Waals surface area contributed by atoms with E-state index in [-0.39, 0.29) is 17.1 Å². The Morgan fingerprint density at radius 3 is 2.59 bits per heavy atom. The van der Waals surface area contributed by atoms with Gasteiger partial charge in [0, 0.05) is 30.9 Å². The highest BCUT2D eigenvalue weighted by Gasteiger charge is 2.30. The molecule has 2 aromatic carbocycles. The maximum atomic E-state index is 13.1. The third-order valence-corrected chi connectivity index (χ3v) is 6.51. The zero-order valence-corrected chi connectivity index (χ0v) is 15.4. The number of carbonyl (C=O) groups excluding carboxylic acids is 1. The largest absolute Gasteiger partial charge is 0.294 e. The molecular formula is C21H18N2O3S. The second-order valence-corrected chi connectivity index (χ2v) is 8.30. The summed E-state index contributed by atoms with van der Waals surface area (Å²) in [5.74, 6) is -0.125. The Hall–Kier alpha value is -2.99.